The van der Waals surface area contributed by atoms with Crippen LogP contribution in [0.15, 0.2) is 15.8 Å². The van der Waals surface area contributed by atoms with Crippen LogP contribution in [0.3, 0.4) is 0 Å². The van der Waals surface area contributed by atoms with Crippen LogP contribution in [0.1, 0.15) is 25.8 Å². The average molecular weight is 297 g/mol. The molecule has 1 unspecified atom stereocenters. The Balaban J connectivity index is 2.93. The van der Waals surface area contributed by atoms with Gasteiger partial charge in [-0.15, -0.1) is 0 Å². The van der Waals surface area contributed by atoms with E-state index in [-0.39, 0.29) is 23.8 Å². The van der Waals surface area contributed by atoms with Crippen molar-refractivity contribution in [1.82, 2.24) is 14.5 Å². The first kappa shape index (κ1) is 17.2. The van der Waals surface area contributed by atoms with Crippen LogP contribution in [0.2, 0.25) is 0 Å². The molecule has 21 heavy (non-hydrogen) atoms. The smallest absolute Gasteiger partial charge is 0.330 e. The molecule has 0 radical (unpaired) electrons. The van der Waals surface area contributed by atoms with Gasteiger partial charge in [0, 0.05) is 32.4 Å². The number of ether oxygens (including phenoxy) is 1. The van der Waals surface area contributed by atoms with Gasteiger partial charge in [-0.05, 0) is 12.3 Å². The number of rotatable bonds is 6. The monoisotopic (exact) mass is 297 g/mol. The minimum Gasteiger partial charge on any atom is -0.468 e. The Morgan fingerprint density at radius 2 is 1.95 bits per heavy atom. The van der Waals surface area contributed by atoms with E-state index < -0.39 is 6.04 Å². The molecule has 1 aromatic rings. The summed E-state index contributed by atoms with van der Waals surface area (Å²) in [6.45, 7) is 4.21. The minimum absolute atomic E-state index is 0.202. The zero-order valence-electron chi connectivity index (χ0n) is 13.2. The Hall–Kier alpha value is -1.89. The van der Waals surface area contributed by atoms with Crippen LogP contribution in [0, 0.1) is 5.92 Å². The fraction of sp³-hybridized carbons (Fsp3) is 0.643. The fourth-order valence-electron chi connectivity index (χ4n) is 2.11. The summed E-state index contributed by atoms with van der Waals surface area (Å²) < 4.78 is 7.15. The van der Waals surface area contributed by atoms with Gasteiger partial charge < -0.3 is 14.6 Å². The molecule has 7 heteroatoms. The van der Waals surface area contributed by atoms with E-state index in [1.807, 2.05) is 13.8 Å². The zero-order chi connectivity index (χ0) is 16.2. The fourth-order valence-corrected chi connectivity index (χ4v) is 2.11. The van der Waals surface area contributed by atoms with Gasteiger partial charge in [-0.2, -0.15) is 0 Å². The maximum Gasteiger partial charge on any atom is 0.330 e. The molecule has 0 aliphatic carbocycles. The summed E-state index contributed by atoms with van der Waals surface area (Å²) in [6.07, 6.45) is 2.10. The second kappa shape index (κ2) is 7.21. The van der Waals surface area contributed by atoms with Crippen LogP contribution >= 0.6 is 0 Å². The number of hydrogen-bond donors (Lipinski definition) is 1. The number of aromatic nitrogens is 2. The molecule has 0 fully saturated rings. The molecule has 1 rings (SSSR count). The lowest BCUT2D eigenvalue weighted by Crippen LogP contribution is -2.43. The largest absolute Gasteiger partial charge is 0.468 e. The van der Waals surface area contributed by atoms with Crippen LogP contribution in [0.25, 0.3) is 0 Å². The summed E-state index contributed by atoms with van der Waals surface area (Å²) >= 11 is 0. The molecule has 1 atom stereocenters. The van der Waals surface area contributed by atoms with Crippen LogP contribution in [-0.4, -0.2) is 28.3 Å². The van der Waals surface area contributed by atoms with Crippen LogP contribution in [0.4, 0.5) is 0 Å². The second-order valence-electron chi connectivity index (χ2n) is 5.50. The van der Waals surface area contributed by atoms with E-state index in [4.69, 9.17) is 4.74 Å². The third-order valence-corrected chi connectivity index (χ3v) is 3.25. The van der Waals surface area contributed by atoms with E-state index in [2.05, 4.69) is 5.32 Å². The molecule has 0 spiro atoms. The van der Waals surface area contributed by atoms with Crippen molar-refractivity contribution in [3.63, 3.8) is 0 Å². The highest BCUT2D eigenvalue weighted by molar-refractivity contribution is 5.75. The Bertz CT molecular complexity index is 616. The normalized spacial score (nSPS) is 12.5. The summed E-state index contributed by atoms with van der Waals surface area (Å²) in [7, 11) is 4.35. The van der Waals surface area contributed by atoms with Crippen molar-refractivity contribution in [2.75, 3.05) is 7.11 Å². The van der Waals surface area contributed by atoms with Gasteiger partial charge in [-0.1, -0.05) is 13.8 Å². The SMILES string of the molecule is COC(=O)C(CC(C)C)NCc1cn(C)c(=O)n(C)c1=O. The first-order valence-corrected chi connectivity index (χ1v) is 6.84. The Morgan fingerprint density at radius 1 is 1.33 bits per heavy atom. The molecule has 0 aromatic carbocycles. The highest BCUT2D eigenvalue weighted by atomic mass is 16.5. The molecule has 0 amide bonds. The highest BCUT2D eigenvalue weighted by Gasteiger charge is 2.20. The van der Waals surface area contributed by atoms with Gasteiger partial charge in [0.2, 0.25) is 0 Å². The topological polar surface area (TPSA) is 82.3 Å². The van der Waals surface area contributed by atoms with E-state index in [0.29, 0.717) is 17.9 Å². The van der Waals surface area contributed by atoms with Gasteiger partial charge in [-0.25, -0.2) is 4.79 Å². The van der Waals surface area contributed by atoms with Crippen molar-refractivity contribution in [2.45, 2.75) is 32.9 Å². The molecule has 0 bridgehead atoms. The molecule has 1 heterocycles. The Morgan fingerprint density at radius 3 is 2.48 bits per heavy atom. The summed E-state index contributed by atoms with van der Waals surface area (Å²) in [5.74, 6) is -0.0464. The second-order valence-corrected chi connectivity index (χ2v) is 5.50. The highest BCUT2D eigenvalue weighted by Crippen LogP contribution is 2.06. The molecule has 0 saturated carbocycles. The van der Waals surface area contributed by atoms with Crippen molar-refractivity contribution < 1.29 is 9.53 Å². The summed E-state index contributed by atoms with van der Waals surface area (Å²) in [4.78, 5) is 35.3. The lowest BCUT2D eigenvalue weighted by molar-refractivity contribution is -0.143. The first-order chi connectivity index (χ1) is 9.77. The summed E-state index contributed by atoms with van der Waals surface area (Å²) in [6, 6.07) is -0.475. The van der Waals surface area contributed by atoms with Crippen molar-refractivity contribution in [3.05, 3.63) is 32.6 Å². The molecule has 0 aliphatic rings. The van der Waals surface area contributed by atoms with E-state index in [1.165, 1.54) is 24.9 Å². The predicted molar refractivity (Wildman–Crippen MR) is 79.0 cm³/mol. The maximum atomic E-state index is 12.0. The molecule has 1 aromatic heterocycles. The van der Waals surface area contributed by atoms with Gasteiger partial charge >= 0.3 is 11.7 Å². The third kappa shape index (κ3) is 4.29. The van der Waals surface area contributed by atoms with E-state index in [9.17, 15) is 14.4 Å². The maximum absolute atomic E-state index is 12.0. The Kier molecular flexibility index (Phi) is 5.90. The van der Waals surface area contributed by atoms with Gasteiger partial charge in [0.15, 0.2) is 0 Å². The quantitative estimate of drug-likeness (QED) is 0.733. The number of aryl methyl sites for hydroxylation is 1. The molecular formula is C14H23N3O4. The number of carbonyl (C=O) groups is 1. The van der Waals surface area contributed by atoms with Crippen LogP contribution in [-0.2, 0) is 30.2 Å². The number of nitrogens with zero attached hydrogens (tertiary/aromatic N) is 2. The summed E-state index contributed by atoms with van der Waals surface area (Å²) in [5, 5.41) is 3.03. The first-order valence-electron chi connectivity index (χ1n) is 6.84. The van der Waals surface area contributed by atoms with Crippen LogP contribution in [0.5, 0.6) is 0 Å². The molecule has 0 saturated heterocycles. The molecule has 1 N–H and O–H groups in total. The number of nitrogens with one attached hydrogen (secondary N) is 1. The number of hydrogen-bond acceptors (Lipinski definition) is 5. The van der Waals surface area contributed by atoms with Crippen LogP contribution < -0.4 is 16.6 Å². The number of esters is 1. The average Bonchev–Trinajstić information content (AvgIpc) is 2.44. The van der Waals surface area contributed by atoms with E-state index in [0.717, 1.165) is 4.57 Å². The van der Waals surface area contributed by atoms with Crippen molar-refractivity contribution >= 4 is 5.97 Å². The zero-order valence-corrected chi connectivity index (χ0v) is 13.2. The third-order valence-electron chi connectivity index (χ3n) is 3.25. The Labute approximate surface area is 123 Å². The predicted octanol–water partition coefficient (Wildman–Crippen LogP) is -0.239. The van der Waals surface area contributed by atoms with Crippen molar-refractivity contribution in [3.8, 4) is 0 Å². The van der Waals surface area contributed by atoms with E-state index in [1.54, 1.807) is 7.05 Å². The number of carbonyl (C=O) groups excluding carboxylic acids is 1. The van der Waals surface area contributed by atoms with Crippen molar-refractivity contribution in [1.29, 1.82) is 0 Å². The van der Waals surface area contributed by atoms with Crippen molar-refractivity contribution in [2.24, 2.45) is 20.0 Å². The molecule has 7 nitrogen and oxygen atoms in total. The summed E-state index contributed by atoms with van der Waals surface area (Å²) in [5.41, 5.74) is -0.313. The van der Waals surface area contributed by atoms with Gasteiger partial charge in [0.05, 0.1) is 7.11 Å². The van der Waals surface area contributed by atoms with Gasteiger partial charge in [0.25, 0.3) is 5.56 Å². The lowest BCUT2D eigenvalue weighted by Gasteiger charge is -2.18. The van der Waals surface area contributed by atoms with Gasteiger partial charge in [0.1, 0.15) is 6.04 Å². The minimum atomic E-state index is -0.475. The molecule has 0 aliphatic heterocycles. The van der Waals surface area contributed by atoms with E-state index >= 15 is 0 Å². The molecular weight excluding hydrogens is 274 g/mol. The lowest BCUT2D eigenvalue weighted by atomic mass is 10.0. The standard InChI is InChI=1S/C14H23N3O4/c1-9(2)6-11(13(19)21-5)15-7-10-8-16(3)14(20)17(4)12(10)18/h8-9,11,15H,6-7H2,1-5H3. The number of methoxy groups -OCH3 is 1. The molecule has 118 valence electrons. The van der Waals surface area contributed by atoms with Gasteiger partial charge in [-0.3, -0.25) is 14.2 Å².